The van der Waals surface area contributed by atoms with Crippen molar-refractivity contribution in [2.24, 2.45) is 4.99 Å². The van der Waals surface area contributed by atoms with Crippen molar-refractivity contribution in [3.63, 3.8) is 0 Å². The van der Waals surface area contributed by atoms with Gasteiger partial charge in [-0.05, 0) is 31.2 Å². The van der Waals surface area contributed by atoms with E-state index in [-0.39, 0.29) is 0 Å². The molecule has 0 bridgehead atoms. The van der Waals surface area contributed by atoms with Gasteiger partial charge in [-0.1, -0.05) is 0 Å². The van der Waals surface area contributed by atoms with Crippen molar-refractivity contribution in [1.82, 2.24) is 0 Å². The van der Waals surface area contributed by atoms with E-state index in [0.29, 0.717) is 6.61 Å². The predicted octanol–water partition coefficient (Wildman–Crippen LogP) is 2.39. The highest BCUT2D eigenvalue weighted by Crippen LogP contribution is 2.16. The van der Waals surface area contributed by atoms with Gasteiger partial charge in [0.25, 0.3) is 0 Å². The molecule has 0 spiro atoms. The Morgan fingerprint density at radius 3 is 2.54 bits per heavy atom. The van der Waals surface area contributed by atoms with Crippen LogP contribution in [0.1, 0.15) is 6.92 Å². The van der Waals surface area contributed by atoms with Crippen LogP contribution in [0.3, 0.4) is 0 Å². The summed E-state index contributed by atoms with van der Waals surface area (Å²) in [6.45, 7) is 2.56. The molecule has 0 aliphatic carbocycles. The highest BCUT2D eigenvalue weighted by atomic mass is 16.5. The van der Waals surface area contributed by atoms with Gasteiger partial charge in [-0.2, -0.15) is 0 Å². The molecule has 70 valence electrons. The summed E-state index contributed by atoms with van der Waals surface area (Å²) in [5.41, 5.74) is 0.856. The van der Waals surface area contributed by atoms with Gasteiger partial charge in [0, 0.05) is 0 Å². The number of benzene rings is 1. The molecule has 0 atom stereocenters. The molecule has 1 aromatic rings. The van der Waals surface area contributed by atoms with Crippen LogP contribution in [0.25, 0.3) is 0 Å². The highest BCUT2D eigenvalue weighted by Gasteiger charge is 1.89. The summed E-state index contributed by atoms with van der Waals surface area (Å²) >= 11 is 0. The Morgan fingerprint density at radius 1 is 1.31 bits per heavy atom. The largest absolute Gasteiger partial charge is 0.497 e. The summed E-state index contributed by atoms with van der Waals surface area (Å²) in [4.78, 5) is 4.07. The molecule has 3 heteroatoms. The molecular weight excluding hydrogens is 166 g/mol. The molecule has 0 aliphatic heterocycles. The third-order valence-corrected chi connectivity index (χ3v) is 1.52. The van der Waals surface area contributed by atoms with Crippen LogP contribution in [0, 0.1) is 0 Å². The molecule has 0 unspecified atom stereocenters. The predicted molar refractivity (Wildman–Crippen MR) is 52.8 cm³/mol. The van der Waals surface area contributed by atoms with Gasteiger partial charge in [-0.15, -0.1) is 0 Å². The van der Waals surface area contributed by atoms with E-state index in [1.54, 1.807) is 7.11 Å². The number of aliphatic imine (C=N–C) groups is 1. The number of methoxy groups -OCH3 is 1. The Balaban J connectivity index is 2.58. The van der Waals surface area contributed by atoms with Crippen LogP contribution in [0.2, 0.25) is 0 Å². The van der Waals surface area contributed by atoms with Gasteiger partial charge in [0.2, 0.25) is 0 Å². The average molecular weight is 179 g/mol. The van der Waals surface area contributed by atoms with Gasteiger partial charge in [-0.3, -0.25) is 0 Å². The van der Waals surface area contributed by atoms with Crippen LogP contribution in [0.5, 0.6) is 5.75 Å². The molecule has 0 saturated carbocycles. The molecular formula is C10H13NO2. The first-order valence-corrected chi connectivity index (χ1v) is 4.15. The van der Waals surface area contributed by atoms with Crippen molar-refractivity contribution in [3.05, 3.63) is 24.3 Å². The monoisotopic (exact) mass is 179 g/mol. The molecule has 0 heterocycles. The molecule has 1 aromatic carbocycles. The summed E-state index contributed by atoms with van der Waals surface area (Å²) in [5.74, 6) is 0.829. The normalized spacial score (nSPS) is 10.3. The van der Waals surface area contributed by atoms with Crippen molar-refractivity contribution in [3.8, 4) is 5.75 Å². The minimum Gasteiger partial charge on any atom is -0.497 e. The van der Waals surface area contributed by atoms with Crippen molar-refractivity contribution in [2.45, 2.75) is 6.92 Å². The Kier molecular flexibility index (Phi) is 3.82. The summed E-state index contributed by atoms with van der Waals surface area (Å²) in [5, 5.41) is 0. The zero-order valence-electron chi connectivity index (χ0n) is 7.86. The van der Waals surface area contributed by atoms with Gasteiger partial charge in [0.1, 0.15) is 5.75 Å². The van der Waals surface area contributed by atoms with Crippen LogP contribution in [-0.4, -0.2) is 20.1 Å². The number of hydrogen-bond donors (Lipinski definition) is 0. The SMILES string of the molecule is CCO/C=N\c1ccc(OC)cc1. The molecule has 0 fully saturated rings. The Labute approximate surface area is 78.0 Å². The quantitative estimate of drug-likeness (QED) is 0.525. The van der Waals surface area contributed by atoms with E-state index in [4.69, 9.17) is 9.47 Å². The Hall–Kier alpha value is -1.51. The lowest BCUT2D eigenvalue weighted by molar-refractivity contribution is 0.344. The molecule has 13 heavy (non-hydrogen) atoms. The zero-order valence-corrected chi connectivity index (χ0v) is 7.86. The topological polar surface area (TPSA) is 30.8 Å². The fourth-order valence-electron chi connectivity index (χ4n) is 0.841. The maximum Gasteiger partial charge on any atom is 0.174 e. The smallest absolute Gasteiger partial charge is 0.174 e. The number of rotatable bonds is 4. The standard InChI is InChI=1S/C10H13NO2/c1-3-13-8-11-9-4-6-10(12-2)7-5-9/h4-8H,3H2,1-2H3/b11-8-. The average Bonchev–Trinajstić information content (AvgIpc) is 2.19. The van der Waals surface area contributed by atoms with Gasteiger partial charge >= 0.3 is 0 Å². The van der Waals surface area contributed by atoms with E-state index in [2.05, 4.69) is 4.99 Å². The van der Waals surface area contributed by atoms with E-state index in [9.17, 15) is 0 Å². The van der Waals surface area contributed by atoms with Gasteiger partial charge in [0.15, 0.2) is 6.40 Å². The summed E-state index contributed by atoms with van der Waals surface area (Å²) < 4.78 is 9.98. The highest BCUT2D eigenvalue weighted by molar-refractivity contribution is 5.56. The molecule has 3 nitrogen and oxygen atoms in total. The van der Waals surface area contributed by atoms with Crippen molar-refractivity contribution in [1.29, 1.82) is 0 Å². The van der Waals surface area contributed by atoms with E-state index in [1.807, 2.05) is 31.2 Å². The van der Waals surface area contributed by atoms with Crippen molar-refractivity contribution in [2.75, 3.05) is 13.7 Å². The molecule has 0 amide bonds. The Morgan fingerprint density at radius 2 is 2.00 bits per heavy atom. The van der Waals surface area contributed by atoms with Crippen LogP contribution in [-0.2, 0) is 4.74 Å². The molecule has 0 saturated heterocycles. The maximum absolute atomic E-state index is 5.01. The van der Waals surface area contributed by atoms with Gasteiger partial charge < -0.3 is 9.47 Å². The second kappa shape index (κ2) is 5.19. The van der Waals surface area contributed by atoms with Gasteiger partial charge in [0.05, 0.1) is 19.4 Å². The van der Waals surface area contributed by atoms with E-state index >= 15 is 0 Å². The van der Waals surface area contributed by atoms with Crippen LogP contribution in [0.4, 0.5) is 5.69 Å². The first kappa shape index (κ1) is 9.58. The second-order valence-corrected chi connectivity index (χ2v) is 2.39. The Bertz CT molecular complexity index is 267. The third kappa shape index (κ3) is 3.15. The molecule has 0 aromatic heterocycles. The van der Waals surface area contributed by atoms with E-state index in [0.717, 1.165) is 11.4 Å². The lowest BCUT2D eigenvalue weighted by Gasteiger charge is -1.98. The number of ether oxygens (including phenoxy) is 2. The number of nitrogens with zero attached hydrogens (tertiary/aromatic N) is 1. The summed E-state index contributed by atoms with van der Waals surface area (Å²) in [7, 11) is 1.64. The van der Waals surface area contributed by atoms with Crippen LogP contribution >= 0.6 is 0 Å². The fraction of sp³-hybridized carbons (Fsp3) is 0.300. The lowest BCUT2D eigenvalue weighted by Crippen LogP contribution is -1.84. The van der Waals surface area contributed by atoms with Crippen molar-refractivity contribution >= 4 is 12.1 Å². The summed E-state index contributed by atoms with van der Waals surface area (Å²) in [6.07, 6.45) is 1.45. The third-order valence-electron chi connectivity index (χ3n) is 1.52. The van der Waals surface area contributed by atoms with Crippen LogP contribution in [0.15, 0.2) is 29.3 Å². The van der Waals surface area contributed by atoms with Crippen molar-refractivity contribution < 1.29 is 9.47 Å². The minimum absolute atomic E-state index is 0.639. The molecule has 1 rings (SSSR count). The first-order chi connectivity index (χ1) is 6.36. The number of hydrogen-bond acceptors (Lipinski definition) is 3. The summed E-state index contributed by atoms with van der Waals surface area (Å²) in [6, 6.07) is 7.46. The minimum atomic E-state index is 0.639. The van der Waals surface area contributed by atoms with Gasteiger partial charge in [-0.25, -0.2) is 4.99 Å². The molecule has 0 N–H and O–H groups in total. The zero-order chi connectivity index (χ0) is 9.52. The lowest BCUT2D eigenvalue weighted by atomic mass is 10.3. The molecule has 0 aliphatic rings. The second-order valence-electron chi connectivity index (χ2n) is 2.39. The van der Waals surface area contributed by atoms with E-state index in [1.165, 1.54) is 6.40 Å². The first-order valence-electron chi connectivity index (χ1n) is 4.15. The van der Waals surface area contributed by atoms with E-state index < -0.39 is 0 Å². The fourth-order valence-corrected chi connectivity index (χ4v) is 0.841. The molecule has 0 radical (unpaired) electrons. The van der Waals surface area contributed by atoms with Crippen LogP contribution < -0.4 is 4.74 Å². The maximum atomic E-state index is 5.01.